The van der Waals surface area contributed by atoms with Crippen molar-refractivity contribution in [2.24, 2.45) is 5.84 Å². The predicted octanol–water partition coefficient (Wildman–Crippen LogP) is 2.56. The van der Waals surface area contributed by atoms with Crippen LogP contribution in [-0.2, 0) is 19.4 Å². The summed E-state index contributed by atoms with van der Waals surface area (Å²) in [5.74, 6) is 10.5. The number of amides is 1. The zero-order valence-corrected chi connectivity index (χ0v) is 21.5. The molecule has 4 N–H and O–H groups in total. The van der Waals surface area contributed by atoms with Crippen LogP contribution < -0.4 is 11.6 Å². The summed E-state index contributed by atoms with van der Waals surface area (Å²) in [5.41, 5.74) is 6.02. The van der Waals surface area contributed by atoms with Crippen LogP contribution in [0.4, 0.5) is 5.82 Å². The van der Waals surface area contributed by atoms with Gasteiger partial charge in [-0.15, -0.1) is 0 Å². The van der Waals surface area contributed by atoms with E-state index in [0.29, 0.717) is 22.1 Å². The van der Waals surface area contributed by atoms with Gasteiger partial charge >= 0.3 is 5.97 Å². The SMILES string of the molecule is CC(C)(C)OC(=O)[C@H](CN(N)C(=O)c1ccc(C#Cc2cccc(N)n2)cc1)S(=O)(=O)c1ccccc1. The number of hydrogen-bond acceptors (Lipinski definition) is 8. The van der Waals surface area contributed by atoms with Crippen LogP contribution in [0.3, 0.4) is 0 Å². The van der Waals surface area contributed by atoms with Crippen molar-refractivity contribution in [3.63, 3.8) is 0 Å². The molecule has 0 radical (unpaired) electrons. The van der Waals surface area contributed by atoms with Crippen LogP contribution in [0, 0.1) is 11.8 Å². The van der Waals surface area contributed by atoms with E-state index in [1.165, 1.54) is 36.4 Å². The summed E-state index contributed by atoms with van der Waals surface area (Å²) in [4.78, 5) is 29.9. The highest BCUT2D eigenvalue weighted by Crippen LogP contribution is 2.21. The molecule has 0 aliphatic carbocycles. The molecule has 2 aromatic carbocycles. The second-order valence-corrected chi connectivity index (χ2v) is 11.2. The maximum Gasteiger partial charge on any atom is 0.327 e. The van der Waals surface area contributed by atoms with Gasteiger partial charge in [0, 0.05) is 11.1 Å². The summed E-state index contributed by atoms with van der Waals surface area (Å²) in [6.07, 6.45) is 0. The number of ether oxygens (including phenoxy) is 1. The summed E-state index contributed by atoms with van der Waals surface area (Å²) in [5, 5.41) is -1.02. The van der Waals surface area contributed by atoms with E-state index < -0.39 is 39.1 Å². The van der Waals surface area contributed by atoms with E-state index in [2.05, 4.69) is 16.8 Å². The first-order valence-corrected chi connectivity index (χ1v) is 12.8. The van der Waals surface area contributed by atoms with Gasteiger partial charge in [-0.1, -0.05) is 30.2 Å². The van der Waals surface area contributed by atoms with Crippen molar-refractivity contribution in [1.82, 2.24) is 9.99 Å². The van der Waals surface area contributed by atoms with E-state index in [4.69, 9.17) is 16.3 Å². The number of hydrazine groups is 1. The Kier molecular flexibility index (Phi) is 8.32. The average molecular weight is 521 g/mol. The fourth-order valence-electron chi connectivity index (χ4n) is 3.22. The number of rotatable bonds is 6. The summed E-state index contributed by atoms with van der Waals surface area (Å²) >= 11 is 0. The molecule has 1 atom stereocenters. The minimum Gasteiger partial charge on any atom is -0.459 e. The number of anilines is 1. The Balaban J connectivity index is 1.81. The molecular formula is C27H28N4O5S. The minimum absolute atomic E-state index is 0.0794. The van der Waals surface area contributed by atoms with Gasteiger partial charge in [-0.25, -0.2) is 19.2 Å². The second kappa shape index (κ2) is 11.2. The number of pyridine rings is 1. The molecule has 3 rings (SSSR count). The van der Waals surface area contributed by atoms with Crippen LogP contribution in [0.25, 0.3) is 0 Å². The molecule has 3 aromatic rings. The lowest BCUT2D eigenvalue weighted by Crippen LogP contribution is -2.49. The quantitative estimate of drug-likeness (QED) is 0.166. The second-order valence-electron chi connectivity index (χ2n) is 9.11. The first-order valence-electron chi connectivity index (χ1n) is 11.3. The highest BCUT2D eigenvalue weighted by Gasteiger charge is 2.39. The molecule has 1 heterocycles. The van der Waals surface area contributed by atoms with Gasteiger partial charge in [0.1, 0.15) is 17.1 Å². The topological polar surface area (TPSA) is 146 Å². The van der Waals surface area contributed by atoms with Crippen molar-refractivity contribution >= 4 is 27.5 Å². The van der Waals surface area contributed by atoms with E-state index in [9.17, 15) is 18.0 Å². The number of carbonyl (C=O) groups excluding carboxylic acids is 2. The van der Waals surface area contributed by atoms with Gasteiger partial charge in [-0.3, -0.25) is 14.6 Å². The van der Waals surface area contributed by atoms with Crippen LogP contribution >= 0.6 is 0 Å². The summed E-state index contributed by atoms with van der Waals surface area (Å²) in [6, 6.07) is 18.8. The monoisotopic (exact) mass is 520 g/mol. The zero-order valence-electron chi connectivity index (χ0n) is 20.7. The molecule has 0 saturated heterocycles. The van der Waals surface area contributed by atoms with Gasteiger partial charge in [0.2, 0.25) is 0 Å². The maximum atomic E-state index is 13.3. The Bertz CT molecular complexity index is 1440. The zero-order chi connectivity index (χ0) is 27.2. The Morgan fingerprint density at radius 1 is 0.973 bits per heavy atom. The van der Waals surface area contributed by atoms with Gasteiger partial charge in [0.05, 0.1) is 11.4 Å². The Labute approximate surface area is 216 Å². The van der Waals surface area contributed by atoms with Crippen molar-refractivity contribution in [1.29, 1.82) is 0 Å². The van der Waals surface area contributed by atoms with Crippen LogP contribution in [-0.4, -0.2) is 47.7 Å². The van der Waals surface area contributed by atoms with Gasteiger partial charge in [-0.05, 0) is 75.2 Å². The van der Waals surface area contributed by atoms with Crippen molar-refractivity contribution in [2.45, 2.75) is 36.5 Å². The lowest BCUT2D eigenvalue weighted by molar-refractivity contribution is -0.154. The molecular weight excluding hydrogens is 492 g/mol. The molecule has 192 valence electrons. The average Bonchev–Trinajstić information content (AvgIpc) is 2.85. The van der Waals surface area contributed by atoms with E-state index in [1.54, 1.807) is 57.2 Å². The standard InChI is InChI=1S/C27H28N4O5S/c1-27(2,3)36-26(33)23(37(34,35)22-9-5-4-6-10-22)18-31(29)25(32)20-15-12-19(13-16-20)14-17-21-8-7-11-24(28)30-21/h4-13,15-16,23H,18,29H2,1-3H3,(H2,28,30)/t23-/m0/s1. The Morgan fingerprint density at radius 2 is 1.62 bits per heavy atom. The van der Waals surface area contributed by atoms with Crippen molar-refractivity contribution < 1.29 is 22.7 Å². The number of sulfone groups is 1. The first-order chi connectivity index (χ1) is 17.4. The van der Waals surface area contributed by atoms with Crippen molar-refractivity contribution in [3.8, 4) is 11.8 Å². The Morgan fingerprint density at radius 3 is 2.22 bits per heavy atom. The molecule has 0 bridgehead atoms. The predicted molar refractivity (Wildman–Crippen MR) is 140 cm³/mol. The third-order valence-electron chi connectivity index (χ3n) is 4.98. The molecule has 10 heteroatoms. The van der Waals surface area contributed by atoms with Crippen LogP contribution in [0.2, 0.25) is 0 Å². The molecule has 0 saturated carbocycles. The van der Waals surface area contributed by atoms with E-state index in [-0.39, 0.29) is 10.5 Å². The first kappa shape index (κ1) is 27.4. The lowest BCUT2D eigenvalue weighted by Gasteiger charge is -2.26. The fourth-order valence-corrected chi connectivity index (χ4v) is 4.75. The van der Waals surface area contributed by atoms with Gasteiger partial charge in [0.15, 0.2) is 15.1 Å². The molecule has 0 aliphatic rings. The van der Waals surface area contributed by atoms with Crippen LogP contribution in [0.15, 0.2) is 77.7 Å². The number of carbonyl (C=O) groups is 2. The highest BCUT2D eigenvalue weighted by atomic mass is 32.2. The maximum absolute atomic E-state index is 13.3. The number of hydrogen-bond donors (Lipinski definition) is 2. The summed E-state index contributed by atoms with van der Waals surface area (Å²) in [7, 11) is -4.21. The molecule has 1 aromatic heterocycles. The number of esters is 1. The van der Waals surface area contributed by atoms with Crippen molar-refractivity contribution in [2.75, 3.05) is 12.3 Å². The van der Waals surface area contributed by atoms with E-state index in [0.717, 1.165) is 0 Å². The van der Waals surface area contributed by atoms with Crippen LogP contribution in [0.1, 0.15) is 42.4 Å². The fraction of sp³-hybridized carbons (Fsp3) is 0.222. The smallest absolute Gasteiger partial charge is 0.327 e. The molecule has 9 nitrogen and oxygen atoms in total. The summed E-state index contributed by atoms with van der Waals surface area (Å²) in [6.45, 7) is 4.26. The normalized spacial score (nSPS) is 12.1. The molecule has 37 heavy (non-hydrogen) atoms. The Hall–Kier alpha value is -4.20. The molecule has 0 unspecified atom stereocenters. The van der Waals surface area contributed by atoms with Gasteiger partial charge in [0.25, 0.3) is 5.91 Å². The largest absolute Gasteiger partial charge is 0.459 e. The minimum atomic E-state index is -4.21. The highest BCUT2D eigenvalue weighted by molar-refractivity contribution is 7.92. The third kappa shape index (κ3) is 7.39. The molecule has 0 aliphatic heterocycles. The summed E-state index contributed by atoms with van der Waals surface area (Å²) < 4.78 is 31.9. The number of nitrogens with zero attached hydrogens (tertiary/aromatic N) is 2. The number of aromatic nitrogens is 1. The number of nitrogens with two attached hydrogens (primary N) is 2. The van der Waals surface area contributed by atoms with Crippen molar-refractivity contribution in [3.05, 3.63) is 89.6 Å². The van der Waals surface area contributed by atoms with E-state index >= 15 is 0 Å². The van der Waals surface area contributed by atoms with Crippen LogP contribution in [0.5, 0.6) is 0 Å². The van der Waals surface area contributed by atoms with Gasteiger partial charge < -0.3 is 10.5 Å². The molecule has 1 amide bonds. The number of nitrogen functional groups attached to an aromatic ring is 1. The molecule has 0 fully saturated rings. The van der Waals surface area contributed by atoms with E-state index in [1.807, 2.05) is 0 Å². The lowest BCUT2D eigenvalue weighted by atomic mass is 10.1. The third-order valence-corrected chi connectivity index (χ3v) is 7.00. The number of benzene rings is 2. The van der Waals surface area contributed by atoms with Gasteiger partial charge in [-0.2, -0.15) is 0 Å². The molecule has 0 spiro atoms.